The van der Waals surface area contributed by atoms with Crippen molar-refractivity contribution in [3.8, 4) is 0 Å². The Morgan fingerprint density at radius 2 is 0.902 bits per heavy atom. The van der Waals surface area contributed by atoms with E-state index in [9.17, 15) is 19.0 Å². The number of nitrogens with two attached hydrogens (primary N) is 1. The summed E-state index contributed by atoms with van der Waals surface area (Å²) < 4.78 is 32.9. The summed E-state index contributed by atoms with van der Waals surface area (Å²) >= 11 is 0. The average molecular weight is 878 g/mol. The summed E-state index contributed by atoms with van der Waals surface area (Å²) in [6.07, 6.45) is 56.9. The first-order chi connectivity index (χ1) is 29.8. The van der Waals surface area contributed by atoms with Gasteiger partial charge < -0.3 is 20.1 Å². The molecule has 0 rings (SSSR count). The first-order valence-corrected chi connectivity index (χ1v) is 26.3. The van der Waals surface area contributed by atoms with E-state index in [2.05, 4.69) is 74.6 Å². The highest BCUT2D eigenvalue weighted by Crippen LogP contribution is 2.43. The normalized spacial score (nSPS) is 13.7. The fourth-order valence-electron chi connectivity index (χ4n) is 6.78. The van der Waals surface area contributed by atoms with Gasteiger partial charge in [-0.3, -0.25) is 18.6 Å². The molecule has 0 amide bonds. The molecule has 61 heavy (non-hydrogen) atoms. The van der Waals surface area contributed by atoms with Gasteiger partial charge in [0.25, 0.3) is 0 Å². The van der Waals surface area contributed by atoms with Crippen LogP contribution < -0.4 is 5.73 Å². The molecule has 0 aliphatic rings. The fraction of sp³-hybridized carbons (Fsp3) is 0.765. The van der Waals surface area contributed by atoms with Gasteiger partial charge in [-0.25, -0.2) is 4.57 Å². The Balaban J connectivity index is 4.11. The van der Waals surface area contributed by atoms with Crippen LogP contribution in [0, 0.1) is 0 Å². The van der Waals surface area contributed by atoms with E-state index in [0.29, 0.717) is 6.42 Å². The summed E-state index contributed by atoms with van der Waals surface area (Å²) in [6.45, 7) is 3.60. The molecular formula is C51H92NO8P. The topological polar surface area (TPSA) is 134 Å². The van der Waals surface area contributed by atoms with Gasteiger partial charge in [-0.05, 0) is 57.8 Å². The highest BCUT2D eigenvalue weighted by atomic mass is 31.2. The van der Waals surface area contributed by atoms with E-state index in [1.54, 1.807) is 0 Å². The van der Waals surface area contributed by atoms with Gasteiger partial charge in [0, 0.05) is 19.4 Å². The number of carbonyl (C=O) groups excluding carboxylic acids is 2. The zero-order valence-electron chi connectivity index (χ0n) is 39.1. The Bertz CT molecular complexity index is 1180. The lowest BCUT2D eigenvalue weighted by atomic mass is 10.0. The molecule has 9 nitrogen and oxygen atoms in total. The second-order valence-corrected chi connectivity index (χ2v) is 17.8. The van der Waals surface area contributed by atoms with E-state index in [-0.39, 0.29) is 38.6 Å². The van der Waals surface area contributed by atoms with E-state index >= 15 is 0 Å². The van der Waals surface area contributed by atoms with E-state index in [0.717, 1.165) is 70.6 Å². The summed E-state index contributed by atoms with van der Waals surface area (Å²) in [5.41, 5.74) is 5.36. The van der Waals surface area contributed by atoms with Crippen LogP contribution >= 0.6 is 7.82 Å². The number of hydrogen-bond donors (Lipinski definition) is 2. The van der Waals surface area contributed by atoms with Crippen LogP contribution in [0.25, 0.3) is 0 Å². The number of carbonyl (C=O) groups is 2. The minimum absolute atomic E-state index is 0.0462. The third-order valence-electron chi connectivity index (χ3n) is 10.4. The van der Waals surface area contributed by atoms with E-state index in [1.807, 2.05) is 0 Å². The van der Waals surface area contributed by atoms with Crippen LogP contribution in [0.2, 0.25) is 0 Å². The van der Waals surface area contributed by atoms with Crippen LogP contribution in [0.3, 0.4) is 0 Å². The molecule has 0 fully saturated rings. The molecule has 2 unspecified atom stereocenters. The van der Waals surface area contributed by atoms with Crippen molar-refractivity contribution in [2.24, 2.45) is 5.73 Å². The number of esters is 2. The molecule has 0 aromatic rings. The molecule has 0 aliphatic heterocycles. The molecule has 0 saturated carbocycles. The van der Waals surface area contributed by atoms with Gasteiger partial charge in [-0.15, -0.1) is 0 Å². The fourth-order valence-corrected chi connectivity index (χ4v) is 7.55. The van der Waals surface area contributed by atoms with Gasteiger partial charge in [-0.2, -0.15) is 0 Å². The molecule has 0 saturated heterocycles. The maximum absolute atomic E-state index is 12.6. The highest BCUT2D eigenvalue weighted by molar-refractivity contribution is 7.47. The zero-order valence-corrected chi connectivity index (χ0v) is 40.0. The minimum Gasteiger partial charge on any atom is -0.462 e. The lowest BCUT2D eigenvalue weighted by Crippen LogP contribution is -2.29. The molecular weight excluding hydrogens is 786 g/mol. The maximum atomic E-state index is 12.6. The molecule has 0 bridgehead atoms. The van der Waals surface area contributed by atoms with Gasteiger partial charge in [0.05, 0.1) is 13.2 Å². The molecule has 0 heterocycles. The number of ether oxygens (including phenoxy) is 2. The summed E-state index contributed by atoms with van der Waals surface area (Å²) in [7, 11) is -4.39. The lowest BCUT2D eigenvalue weighted by molar-refractivity contribution is -0.161. The number of rotatable bonds is 46. The van der Waals surface area contributed by atoms with E-state index in [1.165, 1.54) is 116 Å². The molecule has 0 aromatic carbocycles. The van der Waals surface area contributed by atoms with Crippen molar-refractivity contribution in [2.45, 2.75) is 225 Å². The number of unbranched alkanes of at least 4 members (excludes halogenated alkanes) is 23. The zero-order chi connectivity index (χ0) is 44.6. The summed E-state index contributed by atoms with van der Waals surface area (Å²) in [5.74, 6) is -0.861. The van der Waals surface area contributed by atoms with Crippen molar-refractivity contribution in [2.75, 3.05) is 26.4 Å². The van der Waals surface area contributed by atoms with Crippen molar-refractivity contribution in [3.05, 3.63) is 60.8 Å². The summed E-state index contributed by atoms with van der Waals surface area (Å²) in [6, 6.07) is 0. The van der Waals surface area contributed by atoms with Crippen molar-refractivity contribution in [3.63, 3.8) is 0 Å². The van der Waals surface area contributed by atoms with E-state index < -0.39 is 26.5 Å². The lowest BCUT2D eigenvalue weighted by Gasteiger charge is -2.19. The predicted octanol–water partition coefficient (Wildman–Crippen LogP) is 14.8. The Morgan fingerprint density at radius 1 is 0.508 bits per heavy atom. The van der Waals surface area contributed by atoms with Crippen LogP contribution in [-0.2, 0) is 32.7 Å². The monoisotopic (exact) mass is 878 g/mol. The summed E-state index contributed by atoms with van der Waals surface area (Å²) in [5, 5.41) is 0. The van der Waals surface area contributed by atoms with Crippen molar-refractivity contribution < 1.29 is 37.6 Å². The van der Waals surface area contributed by atoms with Crippen LogP contribution in [0.5, 0.6) is 0 Å². The molecule has 2 atom stereocenters. The smallest absolute Gasteiger partial charge is 0.462 e. The molecule has 3 N–H and O–H groups in total. The Kier molecular flexibility index (Phi) is 45.4. The number of allylic oxidation sites excluding steroid dienone is 10. The highest BCUT2D eigenvalue weighted by Gasteiger charge is 2.26. The maximum Gasteiger partial charge on any atom is 0.472 e. The van der Waals surface area contributed by atoms with Crippen molar-refractivity contribution >= 4 is 19.8 Å². The second-order valence-electron chi connectivity index (χ2n) is 16.3. The predicted molar refractivity (Wildman–Crippen MR) is 256 cm³/mol. The van der Waals surface area contributed by atoms with Crippen molar-refractivity contribution in [1.82, 2.24) is 0 Å². The minimum atomic E-state index is -4.39. The van der Waals surface area contributed by atoms with Crippen LogP contribution in [0.4, 0.5) is 0 Å². The average Bonchev–Trinajstić information content (AvgIpc) is 3.25. The molecule has 354 valence electrons. The quantitative estimate of drug-likeness (QED) is 0.0265. The van der Waals surface area contributed by atoms with Gasteiger partial charge in [-0.1, -0.05) is 209 Å². The first kappa shape index (κ1) is 58.7. The molecule has 0 spiro atoms. The number of phosphoric acid groups is 1. The second kappa shape index (κ2) is 47.2. The van der Waals surface area contributed by atoms with Crippen LogP contribution in [-0.4, -0.2) is 49.3 Å². The Labute approximate surface area is 374 Å². The molecule has 0 radical (unpaired) electrons. The van der Waals surface area contributed by atoms with Gasteiger partial charge in [0.2, 0.25) is 0 Å². The van der Waals surface area contributed by atoms with E-state index in [4.69, 9.17) is 24.3 Å². The SMILES string of the molecule is CCC=CCC=CCC=CCC=CCC=CCCCCCC(=O)OC(COC(=O)CCCCCCCCCCCCCCCCCCCCCCC)COP(=O)(O)OCCN. The van der Waals surface area contributed by atoms with Crippen LogP contribution in [0.15, 0.2) is 60.8 Å². The first-order valence-electron chi connectivity index (χ1n) is 24.8. The standard InChI is InChI=1S/C51H92NO8P/c1-3-5-7-9-11-13-15-17-19-21-23-24-26-27-29-31-33-35-37-39-41-43-50(53)57-47-49(48-59-61(55,56)58-46-45-52)60-51(54)44-42-40-38-36-34-32-30-28-25-22-20-18-16-14-12-10-8-6-4-2/h6,8,12,14,18,20,25,28,32,34,49H,3-5,7,9-11,13,15-17,19,21-24,26-27,29-31,33,35-48,52H2,1-2H3,(H,55,56). The molecule has 0 aliphatic carbocycles. The van der Waals surface area contributed by atoms with Gasteiger partial charge in [0.15, 0.2) is 6.10 Å². The third kappa shape index (κ3) is 47.0. The Morgan fingerprint density at radius 3 is 1.34 bits per heavy atom. The molecule has 10 heteroatoms. The van der Waals surface area contributed by atoms with Gasteiger partial charge >= 0.3 is 19.8 Å². The Hall–Kier alpha value is -2.29. The van der Waals surface area contributed by atoms with Gasteiger partial charge in [0.1, 0.15) is 6.61 Å². The largest absolute Gasteiger partial charge is 0.472 e. The number of phosphoric ester groups is 1. The van der Waals surface area contributed by atoms with Crippen molar-refractivity contribution in [1.29, 1.82) is 0 Å². The summed E-state index contributed by atoms with van der Waals surface area (Å²) in [4.78, 5) is 35.0. The van der Waals surface area contributed by atoms with Crippen LogP contribution in [0.1, 0.15) is 219 Å². The number of hydrogen-bond acceptors (Lipinski definition) is 8. The third-order valence-corrected chi connectivity index (χ3v) is 11.4. The molecule has 0 aromatic heterocycles.